The zero-order chi connectivity index (χ0) is 30.7. The number of benzene rings is 5. The van der Waals surface area contributed by atoms with Gasteiger partial charge in [0.05, 0.1) is 17.4 Å². The first-order valence-electron chi connectivity index (χ1n) is 14.4. The van der Waals surface area contributed by atoms with Crippen molar-refractivity contribution in [2.75, 3.05) is 4.90 Å². The average Bonchev–Trinajstić information content (AvgIpc) is 3.79. The van der Waals surface area contributed by atoms with Crippen LogP contribution in [0.25, 0.3) is 43.0 Å². The van der Waals surface area contributed by atoms with E-state index in [1.807, 2.05) is 42.5 Å². The molecule has 0 aliphatic rings. The minimum atomic E-state index is -0.601. The number of aryl methyl sites for hydroxylation is 2. The van der Waals surface area contributed by atoms with Crippen LogP contribution < -0.4 is 21.1 Å². The molecule has 0 amide bonds. The third-order valence-corrected chi connectivity index (χ3v) is 9.73. The van der Waals surface area contributed by atoms with Crippen LogP contribution in [0.2, 0.25) is 0 Å². The lowest BCUT2D eigenvalue weighted by molar-refractivity contribution is 1.29. The summed E-state index contributed by atoms with van der Waals surface area (Å²) in [4.78, 5) is 34.1. The number of anilines is 3. The van der Waals surface area contributed by atoms with Crippen molar-refractivity contribution in [3.05, 3.63) is 146 Å². The second-order valence-corrected chi connectivity index (χ2v) is 12.7. The van der Waals surface area contributed by atoms with Gasteiger partial charge in [-0.15, -0.1) is 11.3 Å². The van der Waals surface area contributed by atoms with Crippen LogP contribution in [0, 0.1) is 13.8 Å². The van der Waals surface area contributed by atoms with Gasteiger partial charge in [-0.3, -0.25) is 9.59 Å². The summed E-state index contributed by atoms with van der Waals surface area (Å²) in [5.74, 6) is 0. The zero-order valence-corrected chi connectivity index (χ0v) is 25.9. The molecule has 8 heteroatoms. The fraction of sp³-hybridized carbons (Fsp3) is 0.0541. The van der Waals surface area contributed by atoms with Crippen molar-refractivity contribution in [1.82, 2.24) is 8.75 Å². The quantitative estimate of drug-likeness (QED) is 0.180. The number of hydrogen-bond donors (Lipinski definition) is 0. The number of thiophene rings is 1. The van der Waals surface area contributed by atoms with E-state index in [0.29, 0.717) is 27.5 Å². The smallest absolute Gasteiger partial charge is 0.252 e. The lowest BCUT2D eigenvalue weighted by Gasteiger charge is -2.24. The summed E-state index contributed by atoms with van der Waals surface area (Å²) in [7, 11) is 0. The molecule has 0 N–H and O–H groups in total. The normalized spacial score (nSPS) is 12.1. The predicted octanol–water partition coefficient (Wildman–Crippen LogP) is 8.64. The van der Waals surface area contributed by atoms with Crippen LogP contribution in [0.3, 0.4) is 0 Å². The van der Waals surface area contributed by atoms with Crippen molar-refractivity contribution < 1.29 is 0 Å². The Labute approximate surface area is 265 Å². The summed E-state index contributed by atoms with van der Waals surface area (Å²) in [6, 6.07) is 36.5. The molecule has 0 saturated carbocycles. The van der Waals surface area contributed by atoms with Gasteiger partial charge < -0.3 is 4.90 Å². The van der Waals surface area contributed by atoms with Crippen LogP contribution in [-0.4, -0.2) is 8.75 Å². The standard InChI is InChI=1S/C37H24N4O2S2/c1-21-7-11-25(12-8-21)41(26-13-9-22(2)10-14-26)32-18-17-31(44-32)27-15-16-30(35-33(27)39-45-40-35)38-34-28-19-23-5-3-4-6-24(23)20-29(28)36(42)37(34)43/h3-20H,1-2H3/b38-34-. The Morgan fingerprint density at radius 2 is 1.27 bits per heavy atom. The Hall–Kier alpha value is -5.31. The molecular weight excluding hydrogens is 597 g/mol. The SMILES string of the molecule is Cc1ccc(N(c2ccc(C)cc2)c2ccc(-c3ccc(/N=c4\c(=O)c(=O)c5cc6ccccc6cc45)c4nsnc34)s2)cc1. The largest absolute Gasteiger partial charge is 0.302 e. The van der Waals surface area contributed by atoms with E-state index in [1.165, 1.54) is 11.1 Å². The Morgan fingerprint density at radius 1 is 0.644 bits per heavy atom. The van der Waals surface area contributed by atoms with Crippen LogP contribution in [0.15, 0.2) is 124 Å². The fourth-order valence-corrected chi connectivity index (χ4v) is 7.38. The van der Waals surface area contributed by atoms with E-state index in [1.54, 1.807) is 17.4 Å². The number of fused-ring (bicyclic) bond motifs is 3. The van der Waals surface area contributed by atoms with Gasteiger partial charge in [0, 0.05) is 32.6 Å². The van der Waals surface area contributed by atoms with Crippen molar-refractivity contribution in [3.63, 3.8) is 0 Å². The lowest BCUT2D eigenvalue weighted by atomic mass is 10.1. The van der Waals surface area contributed by atoms with Gasteiger partial charge in [-0.05, 0) is 85.3 Å². The van der Waals surface area contributed by atoms with E-state index in [0.717, 1.165) is 49.3 Å². The summed E-state index contributed by atoms with van der Waals surface area (Å²) in [5, 5.41) is 4.01. The molecule has 8 aromatic rings. The molecule has 216 valence electrons. The summed E-state index contributed by atoms with van der Waals surface area (Å²) >= 11 is 2.78. The van der Waals surface area contributed by atoms with E-state index in [9.17, 15) is 9.59 Å². The highest BCUT2D eigenvalue weighted by Gasteiger charge is 2.19. The van der Waals surface area contributed by atoms with Crippen LogP contribution in [0.4, 0.5) is 22.1 Å². The van der Waals surface area contributed by atoms with Gasteiger partial charge in [0.25, 0.3) is 5.43 Å². The molecular formula is C37H24N4O2S2. The zero-order valence-electron chi connectivity index (χ0n) is 24.3. The van der Waals surface area contributed by atoms with Gasteiger partial charge in [0.15, 0.2) is 0 Å². The second-order valence-electron chi connectivity index (χ2n) is 11.1. The van der Waals surface area contributed by atoms with E-state index in [2.05, 4.69) is 88.2 Å². The Morgan fingerprint density at radius 3 is 1.93 bits per heavy atom. The average molecular weight is 621 g/mol. The van der Waals surface area contributed by atoms with Gasteiger partial charge in [0.1, 0.15) is 21.4 Å². The van der Waals surface area contributed by atoms with Crippen LogP contribution in [-0.2, 0) is 0 Å². The van der Waals surface area contributed by atoms with Crippen LogP contribution in [0.5, 0.6) is 0 Å². The molecule has 0 aliphatic carbocycles. The predicted molar refractivity (Wildman–Crippen MR) is 186 cm³/mol. The van der Waals surface area contributed by atoms with Crippen molar-refractivity contribution in [3.8, 4) is 10.4 Å². The highest BCUT2D eigenvalue weighted by Crippen LogP contribution is 2.44. The molecule has 8 rings (SSSR count). The topological polar surface area (TPSA) is 75.5 Å². The Balaban J connectivity index is 1.24. The maximum Gasteiger partial charge on any atom is 0.252 e. The minimum absolute atomic E-state index is 0.146. The molecule has 6 nitrogen and oxygen atoms in total. The highest BCUT2D eigenvalue weighted by atomic mass is 32.1. The number of nitrogens with zero attached hydrogens (tertiary/aromatic N) is 4. The molecule has 0 atom stereocenters. The van der Waals surface area contributed by atoms with Crippen LogP contribution in [0.1, 0.15) is 11.1 Å². The maximum atomic E-state index is 13.1. The summed E-state index contributed by atoms with van der Waals surface area (Å²) < 4.78 is 9.21. The molecule has 0 bridgehead atoms. The maximum absolute atomic E-state index is 13.1. The third-order valence-electron chi connectivity index (χ3n) is 8.10. The minimum Gasteiger partial charge on any atom is -0.302 e. The molecule has 2 heterocycles. The molecule has 2 aromatic heterocycles. The van der Waals surface area contributed by atoms with Crippen molar-refractivity contribution >= 4 is 77.7 Å². The first-order valence-corrected chi connectivity index (χ1v) is 16.0. The fourth-order valence-electron chi connectivity index (χ4n) is 5.73. The second kappa shape index (κ2) is 10.7. The molecule has 0 radical (unpaired) electrons. The highest BCUT2D eigenvalue weighted by molar-refractivity contribution is 7.19. The molecule has 0 spiro atoms. The van der Waals surface area contributed by atoms with E-state index >= 15 is 0 Å². The molecule has 45 heavy (non-hydrogen) atoms. The van der Waals surface area contributed by atoms with Crippen molar-refractivity contribution in [2.24, 2.45) is 4.99 Å². The van der Waals surface area contributed by atoms with Crippen molar-refractivity contribution in [1.29, 1.82) is 0 Å². The molecule has 0 fully saturated rings. The molecule has 0 unspecified atom stereocenters. The van der Waals surface area contributed by atoms with E-state index in [4.69, 9.17) is 4.99 Å². The van der Waals surface area contributed by atoms with Crippen LogP contribution >= 0.6 is 23.1 Å². The number of rotatable bonds is 5. The summed E-state index contributed by atoms with van der Waals surface area (Å²) in [6.07, 6.45) is 0. The number of hydrogen-bond acceptors (Lipinski definition) is 8. The third kappa shape index (κ3) is 4.66. The Kier molecular flexibility index (Phi) is 6.48. The number of aromatic nitrogens is 2. The van der Waals surface area contributed by atoms with Gasteiger partial charge in [-0.1, -0.05) is 59.7 Å². The first kappa shape index (κ1) is 27.3. The van der Waals surface area contributed by atoms with Crippen molar-refractivity contribution in [2.45, 2.75) is 13.8 Å². The lowest BCUT2D eigenvalue weighted by Crippen LogP contribution is -2.30. The summed E-state index contributed by atoms with van der Waals surface area (Å²) in [6.45, 7) is 4.18. The monoisotopic (exact) mass is 620 g/mol. The van der Waals surface area contributed by atoms with E-state index < -0.39 is 10.9 Å². The van der Waals surface area contributed by atoms with E-state index in [-0.39, 0.29) is 5.36 Å². The molecule has 0 aliphatic heterocycles. The van der Waals surface area contributed by atoms with Gasteiger partial charge in [0.2, 0.25) is 5.43 Å². The molecule has 6 aromatic carbocycles. The van der Waals surface area contributed by atoms with Gasteiger partial charge in [-0.25, -0.2) is 4.99 Å². The van der Waals surface area contributed by atoms with Gasteiger partial charge in [-0.2, -0.15) is 8.75 Å². The van der Waals surface area contributed by atoms with Gasteiger partial charge >= 0.3 is 0 Å². The Bertz CT molecular complexity index is 2510. The molecule has 0 saturated heterocycles. The first-order chi connectivity index (χ1) is 21.9. The summed E-state index contributed by atoms with van der Waals surface area (Å²) in [5.41, 5.74) is 6.19.